The fourth-order valence-electron chi connectivity index (χ4n) is 2.25. The number of ketones is 1. The fourth-order valence-corrected chi connectivity index (χ4v) is 2.25. The summed E-state index contributed by atoms with van der Waals surface area (Å²) < 4.78 is 5.44. The van der Waals surface area contributed by atoms with Crippen LogP contribution in [0, 0.1) is 4.91 Å². The van der Waals surface area contributed by atoms with E-state index in [0.29, 0.717) is 22.6 Å². The van der Waals surface area contributed by atoms with Gasteiger partial charge >= 0.3 is 5.91 Å². The summed E-state index contributed by atoms with van der Waals surface area (Å²) in [5.41, 5.74) is 1.64. The van der Waals surface area contributed by atoms with Crippen molar-refractivity contribution >= 4 is 23.3 Å². The van der Waals surface area contributed by atoms with Gasteiger partial charge in [0, 0.05) is 30.4 Å². The molecule has 0 aliphatic heterocycles. The summed E-state index contributed by atoms with van der Waals surface area (Å²) in [6.07, 6.45) is 0.00429. The first-order chi connectivity index (χ1) is 14.4. The molecule has 0 saturated heterocycles. The van der Waals surface area contributed by atoms with Gasteiger partial charge in [0.05, 0.1) is 18.7 Å². The lowest BCUT2D eigenvalue weighted by Gasteiger charge is -2.07. The normalized spacial score (nSPS) is 10.5. The summed E-state index contributed by atoms with van der Waals surface area (Å²) in [5.74, 6) is -1.04. The van der Waals surface area contributed by atoms with Crippen LogP contribution in [0.25, 0.3) is 0 Å². The highest BCUT2D eigenvalue weighted by Gasteiger charge is 2.10. The van der Waals surface area contributed by atoms with Crippen LogP contribution >= 0.6 is 0 Å². The van der Waals surface area contributed by atoms with E-state index in [2.05, 4.69) is 20.8 Å². The van der Waals surface area contributed by atoms with Gasteiger partial charge < -0.3 is 10.1 Å². The minimum Gasteiger partial charge on any atom is -0.493 e. The molecule has 0 atom stereocenters. The number of amides is 2. The highest BCUT2D eigenvalue weighted by Crippen LogP contribution is 2.18. The second kappa shape index (κ2) is 11.1. The van der Waals surface area contributed by atoms with E-state index in [1.165, 1.54) is 0 Å². The highest BCUT2D eigenvalue weighted by molar-refractivity contribution is 6.09. The van der Waals surface area contributed by atoms with Gasteiger partial charge in [-0.05, 0) is 48.5 Å². The Hall–Kier alpha value is -3.95. The molecule has 0 aliphatic carbocycles. The molecule has 0 saturated carbocycles. The Morgan fingerprint density at radius 2 is 1.57 bits per heavy atom. The minimum atomic E-state index is -0.947. The summed E-state index contributed by atoms with van der Waals surface area (Å²) in [6.45, 7) is -0.358. The van der Waals surface area contributed by atoms with Gasteiger partial charge in [-0.3, -0.25) is 19.4 Å². The monoisotopic (exact) mass is 411 g/mol. The zero-order chi connectivity index (χ0) is 21.9. The van der Waals surface area contributed by atoms with E-state index in [9.17, 15) is 19.3 Å². The molecule has 0 aromatic heterocycles. The lowest BCUT2D eigenvalue weighted by atomic mass is 10.0. The predicted molar refractivity (Wildman–Crippen MR) is 108 cm³/mol. The molecule has 0 aliphatic rings. The van der Waals surface area contributed by atoms with Gasteiger partial charge in [-0.2, -0.15) is 0 Å². The third-order valence-electron chi connectivity index (χ3n) is 3.72. The number of ether oxygens (including phenoxy) is 1. The van der Waals surface area contributed by atoms with E-state index >= 15 is 0 Å². The molecule has 30 heavy (non-hydrogen) atoms. The van der Waals surface area contributed by atoms with Crippen molar-refractivity contribution < 1.29 is 19.1 Å². The zero-order valence-electron chi connectivity index (χ0n) is 16.6. The Balaban J connectivity index is 1.86. The summed E-state index contributed by atoms with van der Waals surface area (Å²) >= 11 is 0. The number of carbonyl (C=O) groups excluding carboxylic acids is 3. The second-order valence-corrected chi connectivity index (χ2v) is 6.30. The van der Waals surface area contributed by atoms with Gasteiger partial charge in [-0.1, -0.05) is 5.22 Å². The van der Waals surface area contributed by atoms with Crippen molar-refractivity contribution in [2.45, 2.75) is 6.42 Å². The number of nitroso groups, excluding NO2 is 1. The number of nitrogens with one attached hydrogen (secondary N) is 1. The van der Waals surface area contributed by atoms with Crippen LogP contribution in [0.4, 0.5) is 5.69 Å². The maximum Gasteiger partial charge on any atom is 0.305 e. The van der Waals surface area contributed by atoms with Crippen LogP contribution in [0.15, 0.2) is 64.0 Å². The van der Waals surface area contributed by atoms with Crippen LogP contribution in [-0.4, -0.2) is 49.9 Å². The summed E-state index contributed by atoms with van der Waals surface area (Å²) in [6, 6.07) is 13.3. The van der Waals surface area contributed by atoms with E-state index < -0.39 is 18.4 Å². The molecule has 2 aromatic carbocycles. The van der Waals surface area contributed by atoms with Crippen molar-refractivity contribution in [3.8, 4) is 5.75 Å². The van der Waals surface area contributed by atoms with Gasteiger partial charge in [0.1, 0.15) is 12.3 Å². The van der Waals surface area contributed by atoms with Crippen LogP contribution in [-0.2, 0) is 9.59 Å². The van der Waals surface area contributed by atoms with Crippen LogP contribution in [0.2, 0.25) is 0 Å². The molecule has 0 radical (unpaired) electrons. The molecule has 10 heteroatoms. The van der Waals surface area contributed by atoms with Gasteiger partial charge in [0.25, 0.3) is 0 Å². The van der Waals surface area contributed by atoms with Crippen molar-refractivity contribution in [1.29, 1.82) is 0 Å². The second-order valence-electron chi connectivity index (χ2n) is 6.30. The number of hydrogen-bond acceptors (Lipinski definition) is 7. The molecule has 2 amide bonds. The van der Waals surface area contributed by atoms with Gasteiger partial charge in [0.15, 0.2) is 5.78 Å². The van der Waals surface area contributed by atoms with E-state index in [1.807, 2.05) is 0 Å². The summed E-state index contributed by atoms with van der Waals surface area (Å²) in [7, 11) is 3.53. The first kappa shape index (κ1) is 22.3. The van der Waals surface area contributed by atoms with Gasteiger partial charge in [0.2, 0.25) is 5.91 Å². The quantitative estimate of drug-likeness (QED) is 0.277. The third-order valence-corrected chi connectivity index (χ3v) is 3.72. The molecule has 2 aromatic rings. The van der Waals surface area contributed by atoms with Crippen LogP contribution < -0.4 is 10.1 Å². The third kappa shape index (κ3) is 7.23. The molecule has 0 fully saturated rings. The lowest BCUT2D eigenvalue weighted by Crippen LogP contribution is -2.29. The molecule has 0 spiro atoms. The number of rotatable bonds is 10. The fraction of sp³-hybridized carbons (Fsp3) is 0.250. The molecule has 0 unspecified atom stereocenters. The van der Waals surface area contributed by atoms with E-state index in [1.54, 1.807) is 67.6 Å². The molecule has 0 heterocycles. The first-order valence-electron chi connectivity index (χ1n) is 8.98. The molecule has 156 valence electrons. The number of hydrogen-bond donors (Lipinski definition) is 1. The van der Waals surface area contributed by atoms with Crippen molar-refractivity contribution in [3.05, 3.63) is 64.6 Å². The maximum atomic E-state index is 12.6. The lowest BCUT2D eigenvalue weighted by molar-refractivity contribution is -0.125. The largest absolute Gasteiger partial charge is 0.493 e. The average Bonchev–Trinajstić information content (AvgIpc) is 2.76. The molecule has 2 rings (SSSR count). The Bertz CT molecular complexity index is 924. The first-order valence-corrected chi connectivity index (χ1v) is 8.98. The SMILES string of the molecule is CN(C)N=Nc1ccc(C(=O)c2ccc(OCCC(=O)NCC(=O)N=O)cc2)cc1. The Morgan fingerprint density at radius 1 is 0.967 bits per heavy atom. The van der Waals surface area contributed by atoms with E-state index in [4.69, 9.17) is 4.74 Å². The van der Waals surface area contributed by atoms with Crippen molar-refractivity contribution in [1.82, 2.24) is 10.3 Å². The zero-order valence-corrected chi connectivity index (χ0v) is 16.6. The van der Waals surface area contributed by atoms with Crippen molar-refractivity contribution in [3.63, 3.8) is 0 Å². The molecule has 1 N–H and O–H groups in total. The maximum absolute atomic E-state index is 12.6. The van der Waals surface area contributed by atoms with Crippen molar-refractivity contribution in [2.75, 3.05) is 27.2 Å². The Labute approximate surface area is 172 Å². The topological polar surface area (TPSA) is 130 Å². The van der Waals surface area contributed by atoms with Crippen molar-refractivity contribution in [2.24, 2.45) is 15.5 Å². The molecular weight excluding hydrogens is 390 g/mol. The smallest absolute Gasteiger partial charge is 0.305 e. The summed E-state index contributed by atoms with van der Waals surface area (Å²) in [4.78, 5) is 44.7. The predicted octanol–water partition coefficient (Wildman–Crippen LogP) is 2.66. The van der Waals surface area contributed by atoms with Crippen LogP contribution in [0.1, 0.15) is 22.3 Å². The highest BCUT2D eigenvalue weighted by atomic mass is 16.5. The number of benzene rings is 2. The van der Waals surface area contributed by atoms with Gasteiger partial charge in [-0.15, -0.1) is 10.0 Å². The Kier molecular flexibility index (Phi) is 8.30. The molecule has 0 bridgehead atoms. The molecule has 10 nitrogen and oxygen atoms in total. The molecular formula is C20H21N5O5. The van der Waals surface area contributed by atoms with E-state index in [-0.39, 0.29) is 18.8 Å². The average molecular weight is 411 g/mol. The number of carbonyl (C=O) groups is 3. The van der Waals surface area contributed by atoms with Gasteiger partial charge in [-0.25, -0.2) is 0 Å². The standard InChI is InChI=1S/C20H21N5O5/c1-25(2)24-22-16-7-3-14(4-8-16)20(28)15-5-9-17(10-6-15)30-12-11-18(26)21-13-19(27)23-29/h3-10H,11-13H2,1-2H3,(H,21,26). The summed E-state index contributed by atoms with van der Waals surface area (Å²) in [5, 5.41) is 13.9. The van der Waals surface area contributed by atoms with Crippen LogP contribution in [0.3, 0.4) is 0 Å². The minimum absolute atomic E-state index is 0.00429. The number of nitrogens with zero attached hydrogens (tertiary/aromatic N) is 4. The van der Waals surface area contributed by atoms with E-state index in [0.717, 1.165) is 0 Å². The van der Waals surface area contributed by atoms with Crippen LogP contribution in [0.5, 0.6) is 5.75 Å². The Morgan fingerprint density at radius 3 is 2.13 bits per heavy atom.